The lowest BCUT2D eigenvalue weighted by molar-refractivity contribution is 0.226. The SMILES string of the molecule is CC(C)N1C[C@@H]2C(Cn3nccn3)[C@@H]2C1. The monoisotopic (exact) mass is 206 g/mol. The number of piperidine rings is 1. The molecule has 1 saturated heterocycles. The lowest BCUT2D eigenvalue weighted by Crippen LogP contribution is -2.31. The zero-order valence-corrected chi connectivity index (χ0v) is 9.37. The van der Waals surface area contributed by atoms with Gasteiger partial charge >= 0.3 is 0 Å². The van der Waals surface area contributed by atoms with Gasteiger partial charge in [-0.15, -0.1) is 0 Å². The van der Waals surface area contributed by atoms with E-state index in [4.69, 9.17) is 0 Å². The van der Waals surface area contributed by atoms with Gasteiger partial charge in [-0.3, -0.25) is 0 Å². The lowest BCUT2D eigenvalue weighted by atomic mass is 10.2. The van der Waals surface area contributed by atoms with E-state index in [-0.39, 0.29) is 0 Å². The molecule has 1 aromatic rings. The molecular formula is C11H18N4. The van der Waals surface area contributed by atoms with Crippen LogP contribution in [0.25, 0.3) is 0 Å². The molecule has 1 unspecified atom stereocenters. The topological polar surface area (TPSA) is 34.0 Å². The van der Waals surface area contributed by atoms with Crippen molar-refractivity contribution in [2.24, 2.45) is 17.8 Å². The lowest BCUT2D eigenvalue weighted by Gasteiger charge is -2.23. The fraction of sp³-hybridized carbons (Fsp3) is 0.818. The summed E-state index contributed by atoms with van der Waals surface area (Å²) in [7, 11) is 0. The highest BCUT2D eigenvalue weighted by molar-refractivity contribution is 5.04. The maximum absolute atomic E-state index is 4.17. The van der Waals surface area contributed by atoms with Crippen LogP contribution in [0.3, 0.4) is 0 Å². The van der Waals surface area contributed by atoms with Crippen molar-refractivity contribution in [2.45, 2.75) is 26.4 Å². The highest BCUT2D eigenvalue weighted by Gasteiger charge is 2.55. The van der Waals surface area contributed by atoms with Gasteiger partial charge in [0.05, 0.1) is 18.9 Å². The fourth-order valence-electron chi connectivity index (χ4n) is 2.90. The van der Waals surface area contributed by atoms with Gasteiger partial charge in [-0.1, -0.05) is 0 Å². The molecule has 4 heteroatoms. The molecule has 0 spiro atoms. The number of rotatable bonds is 3. The first-order chi connectivity index (χ1) is 7.25. The predicted molar refractivity (Wildman–Crippen MR) is 57.2 cm³/mol. The zero-order chi connectivity index (χ0) is 10.4. The molecule has 4 nitrogen and oxygen atoms in total. The Labute approximate surface area is 90.3 Å². The summed E-state index contributed by atoms with van der Waals surface area (Å²) in [4.78, 5) is 4.42. The number of hydrogen-bond acceptors (Lipinski definition) is 3. The third-order valence-electron chi connectivity index (χ3n) is 3.97. The molecule has 15 heavy (non-hydrogen) atoms. The standard InChI is InChI=1S/C11H18N4/c1-8(2)14-5-9-10(6-14)11(9)7-15-12-3-4-13-15/h3-4,8-11H,5-7H2,1-2H3/t9-,10+,11?. The number of likely N-dealkylation sites (tertiary alicyclic amines) is 1. The summed E-state index contributed by atoms with van der Waals surface area (Å²) in [6.45, 7) is 8.17. The van der Waals surface area contributed by atoms with Crippen LogP contribution in [0.15, 0.2) is 12.4 Å². The molecule has 2 heterocycles. The smallest absolute Gasteiger partial charge is 0.0693 e. The van der Waals surface area contributed by atoms with Crippen molar-refractivity contribution in [3.63, 3.8) is 0 Å². The summed E-state index contributed by atoms with van der Waals surface area (Å²) in [5.41, 5.74) is 0. The fourth-order valence-corrected chi connectivity index (χ4v) is 2.90. The third-order valence-corrected chi connectivity index (χ3v) is 3.97. The molecule has 0 radical (unpaired) electrons. The molecule has 0 bridgehead atoms. The molecule has 1 aromatic heterocycles. The second kappa shape index (κ2) is 3.30. The van der Waals surface area contributed by atoms with Crippen LogP contribution in [0.4, 0.5) is 0 Å². The van der Waals surface area contributed by atoms with Gasteiger partial charge < -0.3 is 4.90 Å². The molecular weight excluding hydrogens is 188 g/mol. The average molecular weight is 206 g/mol. The summed E-state index contributed by atoms with van der Waals surface area (Å²) in [6.07, 6.45) is 3.52. The maximum atomic E-state index is 4.17. The first kappa shape index (κ1) is 9.33. The number of fused-ring (bicyclic) bond motifs is 1. The largest absolute Gasteiger partial charge is 0.300 e. The zero-order valence-electron chi connectivity index (χ0n) is 9.37. The summed E-state index contributed by atoms with van der Waals surface area (Å²) >= 11 is 0. The Bertz CT molecular complexity index is 320. The first-order valence-corrected chi connectivity index (χ1v) is 5.84. The summed E-state index contributed by atoms with van der Waals surface area (Å²) < 4.78 is 0. The Morgan fingerprint density at radius 3 is 2.33 bits per heavy atom. The van der Waals surface area contributed by atoms with Crippen molar-refractivity contribution in [3.8, 4) is 0 Å². The van der Waals surface area contributed by atoms with Gasteiger partial charge in [0.2, 0.25) is 0 Å². The van der Waals surface area contributed by atoms with Gasteiger partial charge in [0.25, 0.3) is 0 Å². The molecule has 1 aliphatic carbocycles. The molecule has 3 rings (SSSR count). The van der Waals surface area contributed by atoms with Gasteiger partial charge in [0.1, 0.15) is 0 Å². The van der Waals surface area contributed by atoms with Crippen LogP contribution in [0.5, 0.6) is 0 Å². The van der Waals surface area contributed by atoms with Crippen LogP contribution in [-0.2, 0) is 6.54 Å². The number of nitrogens with zero attached hydrogens (tertiary/aromatic N) is 4. The molecule has 0 aromatic carbocycles. The average Bonchev–Trinajstić information content (AvgIpc) is 2.62. The second-order valence-corrected chi connectivity index (χ2v) is 5.12. The highest BCUT2D eigenvalue weighted by atomic mass is 15.5. The van der Waals surface area contributed by atoms with E-state index in [0.29, 0.717) is 6.04 Å². The second-order valence-electron chi connectivity index (χ2n) is 5.12. The molecule has 0 N–H and O–H groups in total. The van der Waals surface area contributed by atoms with Gasteiger partial charge in [-0.05, 0) is 31.6 Å². The normalized spacial score (nSPS) is 34.7. The van der Waals surface area contributed by atoms with Crippen molar-refractivity contribution in [3.05, 3.63) is 12.4 Å². The minimum Gasteiger partial charge on any atom is -0.300 e. The molecule has 3 atom stereocenters. The summed E-state index contributed by atoms with van der Waals surface area (Å²) in [5.74, 6) is 2.67. The van der Waals surface area contributed by atoms with Crippen LogP contribution in [0.1, 0.15) is 13.8 Å². The Balaban J connectivity index is 1.55. The molecule has 0 amide bonds. The van der Waals surface area contributed by atoms with Gasteiger partial charge in [-0.25, -0.2) is 0 Å². The Hall–Kier alpha value is -0.900. The first-order valence-electron chi connectivity index (χ1n) is 5.84. The van der Waals surface area contributed by atoms with Crippen molar-refractivity contribution in [2.75, 3.05) is 13.1 Å². The number of aromatic nitrogens is 3. The predicted octanol–water partition coefficient (Wildman–Crippen LogP) is 0.864. The van der Waals surface area contributed by atoms with E-state index in [0.717, 1.165) is 24.3 Å². The van der Waals surface area contributed by atoms with E-state index in [9.17, 15) is 0 Å². The van der Waals surface area contributed by atoms with Crippen molar-refractivity contribution < 1.29 is 0 Å². The van der Waals surface area contributed by atoms with E-state index in [1.165, 1.54) is 13.1 Å². The minimum absolute atomic E-state index is 0.710. The van der Waals surface area contributed by atoms with Crippen LogP contribution in [-0.4, -0.2) is 39.0 Å². The summed E-state index contributed by atoms with van der Waals surface area (Å²) in [6, 6.07) is 0.710. The van der Waals surface area contributed by atoms with Gasteiger partial charge in [0, 0.05) is 19.1 Å². The maximum Gasteiger partial charge on any atom is 0.0693 e. The Morgan fingerprint density at radius 1 is 1.20 bits per heavy atom. The Morgan fingerprint density at radius 2 is 1.80 bits per heavy atom. The van der Waals surface area contributed by atoms with Crippen LogP contribution >= 0.6 is 0 Å². The molecule has 82 valence electrons. The van der Waals surface area contributed by atoms with Crippen molar-refractivity contribution in [1.82, 2.24) is 19.9 Å². The Kier molecular flexibility index (Phi) is 2.06. The van der Waals surface area contributed by atoms with E-state index in [1.807, 2.05) is 4.80 Å². The van der Waals surface area contributed by atoms with Crippen LogP contribution in [0.2, 0.25) is 0 Å². The van der Waals surface area contributed by atoms with Crippen LogP contribution < -0.4 is 0 Å². The number of hydrogen-bond donors (Lipinski definition) is 0. The quantitative estimate of drug-likeness (QED) is 0.735. The van der Waals surface area contributed by atoms with Crippen molar-refractivity contribution in [1.29, 1.82) is 0 Å². The molecule has 2 fully saturated rings. The molecule has 1 aliphatic heterocycles. The van der Waals surface area contributed by atoms with Gasteiger partial charge in [-0.2, -0.15) is 15.0 Å². The van der Waals surface area contributed by atoms with E-state index in [1.54, 1.807) is 12.4 Å². The van der Waals surface area contributed by atoms with Crippen molar-refractivity contribution >= 4 is 0 Å². The molecule has 1 saturated carbocycles. The molecule has 2 aliphatic rings. The summed E-state index contributed by atoms with van der Waals surface area (Å²) in [5, 5.41) is 8.34. The minimum atomic E-state index is 0.710. The third kappa shape index (κ3) is 1.57. The van der Waals surface area contributed by atoms with E-state index >= 15 is 0 Å². The van der Waals surface area contributed by atoms with E-state index in [2.05, 4.69) is 28.9 Å². The highest BCUT2D eigenvalue weighted by Crippen LogP contribution is 2.52. The van der Waals surface area contributed by atoms with Crippen LogP contribution in [0, 0.1) is 17.8 Å². The van der Waals surface area contributed by atoms with E-state index < -0.39 is 0 Å². The van der Waals surface area contributed by atoms with Gasteiger partial charge in [0.15, 0.2) is 0 Å².